The first-order chi connectivity index (χ1) is 5.74. The van der Waals surface area contributed by atoms with Gasteiger partial charge in [-0.2, -0.15) is 0 Å². The van der Waals surface area contributed by atoms with Crippen LogP contribution in [0.25, 0.3) is 0 Å². The molecule has 0 aromatic carbocycles. The van der Waals surface area contributed by atoms with Crippen LogP contribution in [0.2, 0.25) is 0 Å². The summed E-state index contributed by atoms with van der Waals surface area (Å²) in [6, 6.07) is 0. The fourth-order valence-electron chi connectivity index (χ4n) is 2.64. The van der Waals surface area contributed by atoms with Gasteiger partial charge in [-0.25, -0.2) is 0 Å². The third kappa shape index (κ3) is 0.889. The average molecular weight is 162 g/mol. The predicted octanol–water partition coefficient (Wildman–Crippen LogP) is 2.20. The van der Waals surface area contributed by atoms with Crippen molar-refractivity contribution < 1.29 is 4.79 Å². The van der Waals surface area contributed by atoms with Crippen molar-refractivity contribution in [2.24, 2.45) is 23.7 Å². The number of rotatable bonds is 1. The molecule has 12 heavy (non-hydrogen) atoms. The second-order valence-electron chi connectivity index (χ2n) is 3.95. The van der Waals surface area contributed by atoms with Crippen LogP contribution >= 0.6 is 0 Å². The Bertz CT molecular complexity index is 252. The standard InChI is InChI=1S/C11H14O/c1-3-8-6-9-4-5-10(12)11(9)7(8)2/h3-5,7-9,11H,1,6H2,2H3/t7-,8+,9-,11+/m0/s1. The van der Waals surface area contributed by atoms with Crippen LogP contribution in [0, 0.1) is 23.7 Å². The van der Waals surface area contributed by atoms with Crippen LogP contribution in [0.3, 0.4) is 0 Å². The lowest BCUT2D eigenvalue weighted by Crippen LogP contribution is -2.17. The summed E-state index contributed by atoms with van der Waals surface area (Å²) in [7, 11) is 0. The molecule has 1 nitrogen and oxygen atoms in total. The molecular weight excluding hydrogens is 148 g/mol. The predicted molar refractivity (Wildman–Crippen MR) is 48.6 cm³/mol. The first-order valence-electron chi connectivity index (χ1n) is 4.58. The molecule has 0 aliphatic heterocycles. The Morgan fingerprint density at radius 3 is 3.00 bits per heavy atom. The lowest BCUT2D eigenvalue weighted by molar-refractivity contribution is -0.118. The zero-order valence-electron chi connectivity index (χ0n) is 7.36. The minimum atomic E-state index is 0.271. The first-order valence-corrected chi connectivity index (χ1v) is 4.58. The summed E-state index contributed by atoms with van der Waals surface area (Å²) < 4.78 is 0. The van der Waals surface area contributed by atoms with Crippen molar-refractivity contribution in [3.63, 3.8) is 0 Å². The van der Waals surface area contributed by atoms with E-state index in [0.29, 0.717) is 23.5 Å². The van der Waals surface area contributed by atoms with Crippen molar-refractivity contribution in [1.82, 2.24) is 0 Å². The monoisotopic (exact) mass is 162 g/mol. The molecule has 0 heterocycles. The number of allylic oxidation sites excluding steroid dienone is 3. The molecule has 2 aliphatic carbocycles. The minimum absolute atomic E-state index is 0.271. The van der Waals surface area contributed by atoms with E-state index in [0.717, 1.165) is 6.42 Å². The van der Waals surface area contributed by atoms with E-state index in [1.165, 1.54) is 0 Å². The zero-order chi connectivity index (χ0) is 8.72. The number of hydrogen-bond donors (Lipinski definition) is 0. The molecule has 64 valence electrons. The minimum Gasteiger partial charge on any atom is -0.295 e. The summed E-state index contributed by atoms with van der Waals surface area (Å²) in [6.45, 7) is 5.98. The van der Waals surface area contributed by atoms with E-state index >= 15 is 0 Å². The van der Waals surface area contributed by atoms with E-state index in [9.17, 15) is 4.79 Å². The largest absolute Gasteiger partial charge is 0.295 e. The summed E-state index contributed by atoms with van der Waals surface area (Å²) in [6.07, 6.45) is 6.96. The molecule has 2 aliphatic rings. The van der Waals surface area contributed by atoms with Crippen molar-refractivity contribution in [1.29, 1.82) is 0 Å². The summed E-state index contributed by atoms with van der Waals surface area (Å²) in [4.78, 5) is 11.4. The van der Waals surface area contributed by atoms with Crippen molar-refractivity contribution >= 4 is 5.78 Å². The Hall–Kier alpha value is -0.850. The molecule has 1 fully saturated rings. The van der Waals surface area contributed by atoms with Gasteiger partial charge < -0.3 is 0 Å². The van der Waals surface area contributed by atoms with Gasteiger partial charge in [0.15, 0.2) is 5.78 Å². The number of fused-ring (bicyclic) bond motifs is 1. The second kappa shape index (κ2) is 2.58. The van der Waals surface area contributed by atoms with Gasteiger partial charge >= 0.3 is 0 Å². The van der Waals surface area contributed by atoms with E-state index in [2.05, 4.69) is 19.6 Å². The maximum absolute atomic E-state index is 11.4. The molecule has 0 unspecified atom stereocenters. The van der Waals surface area contributed by atoms with E-state index in [-0.39, 0.29) is 5.92 Å². The van der Waals surface area contributed by atoms with Crippen LogP contribution in [0.15, 0.2) is 24.8 Å². The highest BCUT2D eigenvalue weighted by molar-refractivity contribution is 5.95. The van der Waals surface area contributed by atoms with Crippen LogP contribution in [0.1, 0.15) is 13.3 Å². The van der Waals surface area contributed by atoms with Crippen LogP contribution in [-0.4, -0.2) is 5.78 Å². The van der Waals surface area contributed by atoms with Gasteiger partial charge in [0.2, 0.25) is 0 Å². The third-order valence-electron chi connectivity index (χ3n) is 3.39. The Morgan fingerprint density at radius 2 is 2.42 bits per heavy atom. The molecule has 0 aromatic heterocycles. The normalized spacial score (nSPS) is 44.9. The van der Waals surface area contributed by atoms with Crippen LogP contribution in [-0.2, 0) is 4.79 Å². The molecule has 0 amide bonds. The molecule has 2 rings (SSSR count). The number of carbonyl (C=O) groups excluding carboxylic acids is 1. The van der Waals surface area contributed by atoms with Crippen molar-refractivity contribution in [2.75, 3.05) is 0 Å². The number of ketones is 1. The average Bonchev–Trinajstić information content (AvgIpc) is 2.55. The zero-order valence-corrected chi connectivity index (χ0v) is 7.36. The fraction of sp³-hybridized carbons (Fsp3) is 0.545. The maximum Gasteiger partial charge on any atom is 0.159 e. The van der Waals surface area contributed by atoms with Crippen LogP contribution in [0.5, 0.6) is 0 Å². The van der Waals surface area contributed by atoms with E-state index in [1.807, 2.05) is 6.08 Å². The molecule has 0 spiro atoms. The summed E-state index contributed by atoms with van der Waals surface area (Å²) in [5, 5.41) is 0. The highest BCUT2D eigenvalue weighted by atomic mass is 16.1. The molecular formula is C11H14O. The van der Waals surface area contributed by atoms with Gasteiger partial charge in [-0.15, -0.1) is 6.58 Å². The number of carbonyl (C=O) groups is 1. The van der Waals surface area contributed by atoms with Crippen LogP contribution < -0.4 is 0 Å². The first kappa shape index (κ1) is 7.78. The molecule has 1 heteroatoms. The Balaban J connectivity index is 2.24. The van der Waals surface area contributed by atoms with Gasteiger partial charge in [-0.1, -0.05) is 19.1 Å². The second-order valence-corrected chi connectivity index (χ2v) is 3.95. The lowest BCUT2D eigenvalue weighted by Gasteiger charge is -2.14. The quantitative estimate of drug-likeness (QED) is 0.540. The third-order valence-corrected chi connectivity index (χ3v) is 3.39. The van der Waals surface area contributed by atoms with Gasteiger partial charge in [-0.05, 0) is 30.3 Å². The molecule has 0 aromatic rings. The Morgan fingerprint density at radius 1 is 1.67 bits per heavy atom. The summed E-state index contributed by atoms with van der Waals surface area (Å²) in [5.74, 6) is 2.16. The molecule has 0 N–H and O–H groups in total. The van der Waals surface area contributed by atoms with Crippen LogP contribution in [0.4, 0.5) is 0 Å². The topological polar surface area (TPSA) is 17.1 Å². The summed E-state index contributed by atoms with van der Waals surface area (Å²) in [5.41, 5.74) is 0. The molecule has 0 saturated heterocycles. The van der Waals surface area contributed by atoms with Crippen molar-refractivity contribution in [3.8, 4) is 0 Å². The molecule has 1 saturated carbocycles. The molecule has 0 bridgehead atoms. The Kier molecular flexibility index (Phi) is 1.67. The lowest BCUT2D eigenvalue weighted by atomic mass is 9.88. The SMILES string of the molecule is C=C[C@@H]1C[C@@H]2C=CC(=O)[C@@H]2[C@H]1C. The van der Waals surface area contributed by atoms with Crippen molar-refractivity contribution in [2.45, 2.75) is 13.3 Å². The van der Waals surface area contributed by atoms with Gasteiger partial charge in [0.1, 0.15) is 0 Å². The van der Waals surface area contributed by atoms with Crippen molar-refractivity contribution in [3.05, 3.63) is 24.8 Å². The maximum atomic E-state index is 11.4. The van der Waals surface area contributed by atoms with Gasteiger partial charge in [0.25, 0.3) is 0 Å². The van der Waals surface area contributed by atoms with E-state index in [4.69, 9.17) is 0 Å². The van der Waals surface area contributed by atoms with Gasteiger partial charge in [-0.3, -0.25) is 4.79 Å². The molecule has 4 atom stereocenters. The van der Waals surface area contributed by atoms with E-state index < -0.39 is 0 Å². The van der Waals surface area contributed by atoms with Gasteiger partial charge in [0.05, 0.1) is 0 Å². The number of hydrogen-bond acceptors (Lipinski definition) is 1. The smallest absolute Gasteiger partial charge is 0.159 e. The molecule has 0 radical (unpaired) electrons. The summed E-state index contributed by atoms with van der Waals surface area (Å²) >= 11 is 0. The highest BCUT2D eigenvalue weighted by Gasteiger charge is 2.43. The fourth-order valence-corrected chi connectivity index (χ4v) is 2.64. The Labute approximate surface area is 73.2 Å². The highest BCUT2D eigenvalue weighted by Crippen LogP contribution is 2.45. The van der Waals surface area contributed by atoms with E-state index in [1.54, 1.807) is 6.08 Å². The van der Waals surface area contributed by atoms with Gasteiger partial charge in [0, 0.05) is 5.92 Å².